The van der Waals surface area contributed by atoms with Crippen LogP contribution in [0.3, 0.4) is 0 Å². The summed E-state index contributed by atoms with van der Waals surface area (Å²) in [7, 11) is 0. The Bertz CT molecular complexity index is 877. The summed E-state index contributed by atoms with van der Waals surface area (Å²) in [5, 5.41) is 11.6. The van der Waals surface area contributed by atoms with E-state index in [-0.39, 0.29) is 30.3 Å². The molecule has 2 aromatic carbocycles. The van der Waals surface area contributed by atoms with Crippen LogP contribution in [0, 0.1) is 5.92 Å². The summed E-state index contributed by atoms with van der Waals surface area (Å²) in [5.74, 6) is -0.0406. The van der Waals surface area contributed by atoms with E-state index in [1.807, 2.05) is 27.7 Å². The number of hydrogen-bond acceptors (Lipinski definition) is 4. The SMILES string of the molecule is CCC(C)NC(=O)c1ccc(NCC(=O)Nc2ccc(NC(=O)CC(C)C)cc2)cc1. The molecule has 3 amide bonds. The van der Waals surface area contributed by atoms with Gasteiger partial charge in [-0.2, -0.15) is 0 Å². The van der Waals surface area contributed by atoms with Gasteiger partial charge in [0.2, 0.25) is 11.8 Å². The van der Waals surface area contributed by atoms with Gasteiger partial charge >= 0.3 is 0 Å². The second kappa shape index (κ2) is 11.7. The molecule has 0 bridgehead atoms. The molecule has 2 rings (SSSR count). The minimum absolute atomic E-state index is 0.0284. The van der Waals surface area contributed by atoms with Crippen LogP contribution in [0.1, 0.15) is 50.9 Å². The van der Waals surface area contributed by atoms with Gasteiger partial charge in [-0.05, 0) is 67.8 Å². The Morgan fingerprint density at radius 2 is 1.29 bits per heavy atom. The van der Waals surface area contributed by atoms with Gasteiger partial charge in [-0.25, -0.2) is 0 Å². The average Bonchev–Trinajstić information content (AvgIpc) is 2.73. The highest BCUT2D eigenvalue weighted by atomic mass is 16.2. The lowest BCUT2D eigenvalue weighted by Crippen LogP contribution is -2.31. The van der Waals surface area contributed by atoms with Gasteiger partial charge in [-0.1, -0.05) is 20.8 Å². The fourth-order valence-electron chi connectivity index (χ4n) is 2.76. The van der Waals surface area contributed by atoms with E-state index >= 15 is 0 Å². The van der Waals surface area contributed by atoms with Crippen molar-refractivity contribution in [2.45, 2.75) is 46.6 Å². The fourth-order valence-corrected chi connectivity index (χ4v) is 2.76. The van der Waals surface area contributed by atoms with E-state index in [1.165, 1.54) is 0 Å². The van der Waals surface area contributed by atoms with E-state index in [4.69, 9.17) is 0 Å². The van der Waals surface area contributed by atoms with Crippen LogP contribution in [0.2, 0.25) is 0 Å². The summed E-state index contributed by atoms with van der Waals surface area (Å²) < 4.78 is 0. The molecule has 0 radical (unpaired) electrons. The largest absolute Gasteiger partial charge is 0.376 e. The molecular formula is C24H32N4O3. The first-order chi connectivity index (χ1) is 14.8. The van der Waals surface area contributed by atoms with Crippen molar-refractivity contribution < 1.29 is 14.4 Å². The number of carbonyl (C=O) groups is 3. The van der Waals surface area contributed by atoms with Crippen molar-refractivity contribution in [2.24, 2.45) is 5.92 Å². The summed E-state index contributed by atoms with van der Waals surface area (Å²) in [6.07, 6.45) is 1.34. The number of nitrogens with one attached hydrogen (secondary N) is 4. The molecule has 0 spiro atoms. The zero-order chi connectivity index (χ0) is 22.8. The summed E-state index contributed by atoms with van der Waals surface area (Å²) in [6, 6.07) is 14.1. The van der Waals surface area contributed by atoms with Crippen LogP contribution >= 0.6 is 0 Å². The molecule has 0 saturated carbocycles. The highest BCUT2D eigenvalue weighted by molar-refractivity contribution is 5.96. The molecular weight excluding hydrogens is 392 g/mol. The van der Waals surface area contributed by atoms with E-state index in [0.717, 1.165) is 12.1 Å². The first kappa shape index (κ1) is 23.9. The Morgan fingerprint density at radius 1 is 0.774 bits per heavy atom. The van der Waals surface area contributed by atoms with Crippen LogP contribution in [0.25, 0.3) is 0 Å². The van der Waals surface area contributed by atoms with Gasteiger partial charge in [0.1, 0.15) is 0 Å². The zero-order valence-corrected chi connectivity index (χ0v) is 18.6. The molecule has 0 aliphatic rings. The van der Waals surface area contributed by atoms with Crippen LogP contribution in [0.4, 0.5) is 17.1 Å². The minimum Gasteiger partial charge on any atom is -0.376 e. The quantitative estimate of drug-likeness (QED) is 0.458. The third kappa shape index (κ3) is 8.50. The lowest BCUT2D eigenvalue weighted by Gasteiger charge is -2.12. The fraction of sp³-hybridized carbons (Fsp3) is 0.375. The molecule has 0 heterocycles. The average molecular weight is 425 g/mol. The van der Waals surface area contributed by atoms with Crippen LogP contribution in [0.5, 0.6) is 0 Å². The Balaban J connectivity index is 1.80. The summed E-state index contributed by atoms with van der Waals surface area (Å²) in [6.45, 7) is 8.05. The van der Waals surface area contributed by atoms with Crippen LogP contribution in [-0.2, 0) is 9.59 Å². The van der Waals surface area contributed by atoms with Crippen molar-refractivity contribution in [3.8, 4) is 0 Å². The maximum absolute atomic E-state index is 12.2. The van der Waals surface area contributed by atoms with E-state index in [2.05, 4.69) is 21.3 Å². The minimum atomic E-state index is -0.199. The molecule has 2 aromatic rings. The number of hydrogen-bond donors (Lipinski definition) is 4. The number of rotatable bonds is 10. The van der Waals surface area contributed by atoms with Gasteiger partial charge in [-0.15, -0.1) is 0 Å². The van der Waals surface area contributed by atoms with Crippen molar-refractivity contribution in [2.75, 3.05) is 22.5 Å². The monoisotopic (exact) mass is 424 g/mol. The molecule has 4 N–H and O–H groups in total. The van der Waals surface area contributed by atoms with Crippen LogP contribution in [-0.4, -0.2) is 30.3 Å². The Morgan fingerprint density at radius 3 is 1.81 bits per heavy atom. The topological polar surface area (TPSA) is 99.3 Å². The maximum atomic E-state index is 12.2. The van der Waals surface area contributed by atoms with Gasteiger partial charge in [0, 0.05) is 35.1 Å². The van der Waals surface area contributed by atoms with Gasteiger partial charge in [0.05, 0.1) is 6.54 Å². The molecule has 0 aromatic heterocycles. The lowest BCUT2D eigenvalue weighted by molar-refractivity contribution is -0.117. The smallest absolute Gasteiger partial charge is 0.251 e. The maximum Gasteiger partial charge on any atom is 0.251 e. The van der Waals surface area contributed by atoms with Crippen molar-refractivity contribution in [3.63, 3.8) is 0 Å². The summed E-state index contributed by atoms with van der Waals surface area (Å²) in [4.78, 5) is 36.1. The van der Waals surface area contributed by atoms with Gasteiger partial charge in [-0.3, -0.25) is 14.4 Å². The first-order valence-electron chi connectivity index (χ1n) is 10.6. The van der Waals surface area contributed by atoms with E-state index < -0.39 is 0 Å². The van der Waals surface area contributed by atoms with Crippen molar-refractivity contribution >= 4 is 34.8 Å². The van der Waals surface area contributed by atoms with Gasteiger partial charge in [0.25, 0.3) is 5.91 Å². The highest BCUT2D eigenvalue weighted by Crippen LogP contribution is 2.15. The molecule has 7 heteroatoms. The molecule has 0 aliphatic heterocycles. The summed E-state index contributed by atoms with van der Waals surface area (Å²) in [5.41, 5.74) is 2.67. The predicted octanol–water partition coefficient (Wildman–Crippen LogP) is 4.25. The molecule has 1 unspecified atom stereocenters. The summed E-state index contributed by atoms with van der Waals surface area (Å²) >= 11 is 0. The number of carbonyl (C=O) groups excluding carboxylic acids is 3. The van der Waals surface area contributed by atoms with Gasteiger partial charge in [0.15, 0.2) is 0 Å². The lowest BCUT2D eigenvalue weighted by atomic mass is 10.1. The van der Waals surface area contributed by atoms with Gasteiger partial charge < -0.3 is 21.3 Å². The van der Waals surface area contributed by atoms with Crippen molar-refractivity contribution in [1.82, 2.24) is 5.32 Å². The third-order valence-electron chi connectivity index (χ3n) is 4.64. The van der Waals surface area contributed by atoms with Crippen molar-refractivity contribution in [3.05, 3.63) is 54.1 Å². The number of benzene rings is 2. The predicted molar refractivity (Wildman–Crippen MR) is 125 cm³/mol. The number of anilines is 3. The molecule has 1 atom stereocenters. The Kier molecular flexibility index (Phi) is 9.06. The number of amides is 3. The first-order valence-corrected chi connectivity index (χ1v) is 10.6. The molecule has 0 aliphatic carbocycles. The highest BCUT2D eigenvalue weighted by Gasteiger charge is 2.09. The normalized spacial score (nSPS) is 11.5. The molecule has 166 valence electrons. The van der Waals surface area contributed by atoms with E-state index in [0.29, 0.717) is 29.3 Å². The van der Waals surface area contributed by atoms with Crippen LogP contribution < -0.4 is 21.3 Å². The standard InChI is InChI=1S/C24H32N4O3/c1-5-17(4)26-24(31)18-6-8-19(9-7-18)25-15-23(30)28-21-12-10-20(11-13-21)27-22(29)14-16(2)3/h6-13,16-17,25H,5,14-15H2,1-4H3,(H,26,31)(H,27,29)(H,28,30). The second-order valence-electron chi connectivity index (χ2n) is 7.99. The molecule has 0 saturated heterocycles. The van der Waals surface area contributed by atoms with Crippen molar-refractivity contribution in [1.29, 1.82) is 0 Å². The Hall–Kier alpha value is -3.35. The van der Waals surface area contributed by atoms with Crippen LogP contribution in [0.15, 0.2) is 48.5 Å². The Labute approximate surface area is 184 Å². The zero-order valence-electron chi connectivity index (χ0n) is 18.6. The van der Waals surface area contributed by atoms with E-state index in [1.54, 1.807) is 48.5 Å². The molecule has 7 nitrogen and oxygen atoms in total. The molecule has 31 heavy (non-hydrogen) atoms. The second-order valence-corrected chi connectivity index (χ2v) is 7.99. The van der Waals surface area contributed by atoms with E-state index in [9.17, 15) is 14.4 Å². The molecule has 0 fully saturated rings. The third-order valence-corrected chi connectivity index (χ3v) is 4.64.